The van der Waals surface area contributed by atoms with Crippen LogP contribution < -0.4 is 5.32 Å². The van der Waals surface area contributed by atoms with E-state index < -0.39 is 0 Å². The van der Waals surface area contributed by atoms with Gasteiger partial charge in [-0.05, 0) is 35.1 Å². The maximum absolute atomic E-state index is 11.8. The number of thiophene rings is 1. The lowest BCUT2D eigenvalue weighted by Gasteiger charge is -2.04. The number of carbonyl (C=O) groups is 1. The summed E-state index contributed by atoms with van der Waals surface area (Å²) >= 11 is 3.86. The van der Waals surface area contributed by atoms with Gasteiger partial charge in [0.25, 0.3) is 5.91 Å². The molecule has 1 N–H and O–H groups in total. The lowest BCUT2D eigenvalue weighted by molar-refractivity contribution is 0.0953. The molecule has 0 spiro atoms. The number of amides is 1. The quantitative estimate of drug-likeness (QED) is 0.428. The Balaban J connectivity index is 1.95. The minimum atomic E-state index is 0.0714. The number of hydrogen-bond acceptors (Lipinski definition) is 2. The van der Waals surface area contributed by atoms with Crippen molar-refractivity contribution in [3.8, 4) is 0 Å². The molecule has 0 aliphatic heterocycles. The highest BCUT2D eigenvalue weighted by molar-refractivity contribution is 14.1. The average molecular weight is 393 g/mol. The number of halogens is 1. The Hall–Kier alpha value is -0.100. The summed E-state index contributed by atoms with van der Waals surface area (Å²) in [7, 11) is 0. The van der Waals surface area contributed by atoms with Gasteiger partial charge in [0.15, 0.2) is 0 Å². The van der Waals surface area contributed by atoms with Crippen LogP contribution in [-0.2, 0) is 0 Å². The highest BCUT2D eigenvalue weighted by Crippen LogP contribution is 2.16. The van der Waals surface area contributed by atoms with Crippen LogP contribution in [0, 0.1) is 2.88 Å². The highest BCUT2D eigenvalue weighted by Gasteiger charge is 2.06. The first-order valence-electron chi connectivity index (χ1n) is 7.26. The Morgan fingerprint density at radius 3 is 2.37 bits per heavy atom. The van der Waals surface area contributed by atoms with E-state index in [9.17, 15) is 4.79 Å². The van der Waals surface area contributed by atoms with Gasteiger partial charge in [0, 0.05) is 11.9 Å². The van der Waals surface area contributed by atoms with Gasteiger partial charge in [0.1, 0.15) is 0 Å². The topological polar surface area (TPSA) is 29.1 Å². The molecule has 108 valence electrons. The Kier molecular flexibility index (Phi) is 9.51. The van der Waals surface area contributed by atoms with Crippen LogP contribution >= 0.6 is 33.9 Å². The summed E-state index contributed by atoms with van der Waals surface area (Å²) in [5.74, 6) is 0.0714. The number of hydrogen-bond donors (Lipinski definition) is 1. The third-order valence-corrected chi connectivity index (χ3v) is 4.93. The van der Waals surface area contributed by atoms with Crippen molar-refractivity contribution in [3.05, 3.63) is 19.9 Å². The Labute approximate surface area is 134 Å². The fourth-order valence-electron chi connectivity index (χ4n) is 1.99. The van der Waals surface area contributed by atoms with Gasteiger partial charge < -0.3 is 5.32 Å². The van der Waals surface area contributed by atoms with Crippen molar-refractivity contribution in [2.75, 3.05) is 6.54 Å². The van der Waals surface area contributed by atoms with E-state index in [1.54, 1.807) is 11.3 Å². The lowest BCUT2D eigenvalue weighted by atomic mass is 10.1. The van der Waals surface area contributed by atoms with Gasteiger partial charge in [0.05, 0.1) is 8.45 Å². The van der Waals surface area contributed by atoms with Crippen molar-refractivity contribution in [2.24, 2.45) is 0 Å². The zero-order valence-corrected chi connectivity index (χ0v) is 14.7. The summed E-state index contributed by atoms with van der Waals surface area (Å²) in [4.78, 5) is 11.8. The average Bonchev–Trinajstić information content (AvgIpc) is 2.83. The first kappa shape index (κ1) is 17.0. The standard InChI is InChI=1S/C15H24INOS/c1-2-3-4-5-6-7-8-9-10-17-15(18)13-11-14(16)19-12-13/h11-12H,2-10H2,1H3,(H,17,18). The predicted molar refractivity (Wildman–Crippen MR) is 92.0 cm³/mol. The molecule has 0 saturated heterocycles. The minimum Gasteiger partial charge on any atom is -0.352 e. The van der Waals surface area contributed by atoms with Crippen LogP contribution in [0.15, 0.2) is 11.4 Å². The molecule has 0 aromatic carbocycles. The second-order valence-corrected chi connectivity index (χ2v) is 7.68. The Morgan fingerprint density at radius 1 is 1.16 bits per heavy atom. The molecule has 1 heterocycles. The van der Waals surface area contributed by atoms with Crippen molar-refractivity contribution in [2.45, 2.75) is 58.3 Å². The van der Waals surface area contributed by atoms with E-state index in [0.29, 0.717) is 0 Å². The van der Waals surface area contributed by atoms with Gasteiger partial charge in [-0.3, -0.25) is 4.79 Å². The monoisotopic (exact) mass is 393 g/mol. The lowest BCUT2D eigenvalue weighted by Crippen LogP contribution is -2.23. The second-order valence-electron chi connectivity index (χ2n) is 4.87. The molecule has 0 unspecified atom stereocenters. The third-order valence-electron chi connectivity index (χ3n) is 3.15. The van der Waals surface area contributed by atoms with Crippen molar-refractivity contribution < 1.29 is 4.79 Å². The molecule has 0 fully saturated rings. The van der Waals surface area contributed by atoms with Crippen molar-refractivity contribution in [1.29, 1.82) is 0 Å². The van der Waals surface area contributed by atoms with Crippen molar-refractivity contribution in [3.63, 3.8) is 0 Å². The van der Waals surface area contributed by atoms with Crippen molar-refractivity contribution >= 4 is 39.8 Å². The summed E-state index contributed by atoms with van der Waals surface area (Å²) in [6.45, 7) is 3.05. The van der Waals surface area contributed by atoms with Crippen LogP contribution in [0.1, 0.15) is 68.6 Å². The van der Waals surface area contributed by atoms with Crippen LogP contribution in [0.25, 0.3) is 0 Å². The normalized spacial score (nSPS) is 10.6. The fourth-order valence-corrected chi connectivity index (χ4v) is 3.32. The van der Waals surface area contributed by atoms with E-state index in [4.69, 9.17) is 0 Å². The van der Waals surface area contributed by atoms with Gasteiger partial charge in [-0.2, -0.15) is 0 Å². The SMILES string of the molecule is CCCCCCCCCCNC(=O)c1csc(I)c1. The Bertz CT molecular complexity index is 365. The molecule has 1 aromatic rings. The third kappa shape index (κ3) is 7.92. The van der Waals surface area contributed by atoms with Crippen LogP contribution in [0.4, 0.5) is 0 Å². The number of nitrogens with one attached hydrogen (secondary N) is 1. The first-order chi connectivity index (χ1) is 9.24. The molecule has 0 saturated carbocycles. The summed E-state index contributed by atoms with van der Waals surface area (Å²) in [6, 6.07) is 1.94. The van der Waals surface area contributed by atoms with Gasteiger partial charge in [-0.25, -0.2) is 0 Å². The molecular formula is C15H24INOS. The smallest absolute Gasteiger partial charge is 0.252 e. The van der Waals surface area contributed by atoms with Crippen molar-refractivity contribution in [1.82, 2.24) is 5.32 Å². The van der Waals surface area contributed by atoms with Crippen LogP contribution in [0.5, 0.6) is 0 Å². The van der Waals surface area contributed by atoms with E-state index in [2.05, 4.69) is 34.8 Å². The molecule has 1 rings (SSSR count). The van der Waals surface area contributed by atoms with E-state index in [1.807, 2.05) is 11.4 Å². The zero-order chi connectivity index (χ0) is 13.9. The van der Waals surface area contributed by atoms with Crippen LogP contribution in [0.2, 0.25) is 0 Å². The van der Waals surface area contributed by atoms with Crippen LogP contribution in [-0.4, -0.2) is 12.5 Å². The van der Waals surface area contributed by atoms with E-state index in [-0.39, 0.29) is 5.91 Å². The summed E-state index contributed by atoms with van der Waals surface area (Å²) in [6.07, 6.45) is 10.4. The first-order valence-corrected chi connectivity index (χ1v) is 9.22. The van der Waals surface area contributed by atoms with E-state index in [0.717, 1.165) is 21.4 Å². The number of unbranched alkanes of at least 4 members (excludes halogenated alkanes) is 7. The molecule has 0 aliphatic rings. The highest BCUT2D eigenvalue weighted by atomic mass is 127. The molecule has 0 aliphatic carbocycles. The Morgan fingerprint density at radius 2 is 1.79 bits per heavy atom. The van der Waals surface area contributed by atoms with Gasteiger partial charge in [0.2, 0.25) is 0 Å². The molecular weight excluding hydrogens is 369 g/mol. The molecule has 0 bridgehead atoms. The summed E-state index contributed by atoms with van der Waals surface area (Å²) in [5.41, 5.74) is 0.800. The number of rotatable bonds is 10. The molecule has 1 amide bonds. The van der Waals surface area contributed by atoms with Crippen LogP contribution in [0.3, 0.4) is 0 Å². The molecule has 4 heteroatoms. The molecule has 19 heavy (non-hydrogen) atoms. The fraction of sp³-hybridized carbons (Fsp3) is 0.667. The van der Waals surface area contributed by atoms with E-state index >= 15 is 0 Å². The minimum absolute atomic E-state index is 0.0714. The predicted octanol–water partition coefficient (Wildman–Crippen LogP) is 5.22. The summed E-state index contributed by atoms with van der Waals surface area (Å²) in [5, 5.41) is 4.91. The zero-order valence-electron chi connectivity index (χ0n) is 11.7. The maximum Gasteiger partial charge on any atom is 0.252 e. The maximum atomic E-state index is 11.8. The van der Waals surface area contributed by atoms with Gasteiger partial charge in [-0.1, -0.05) is 51.9 Å². The van der Waals surface area contributed by atoms with Gasteiger partial charge >= 0.3 is 0 Å². The molecule has 0 atom stereocenters. The van der Waals surface area contributed by atoms with E-state index in [1.165, 1.54) is 44.9 Å². The second kappa shape index (κ2) is 10.7. The largest absolute Gasteiger partial charge is 0.352 e. The molecule has 1 aromatic heterocycles. The summed E-state index contributed by atoms with van der Waals surface area (Å²) < 4.78 is 1.16. The molecule has 2 nitrogen and oxygen atoms in total. The number of carbonyl (C=O) groups excluding carboxylic acids is 1. The van der Waals surface area contributed by atoms with Gasteiger partial charge in [-0.15, -0.1) is 11.3 Å². The molecule has 0 radical (unpaired) electrons.